The number of amides is 1. The molecular formula is C29H25F3N6O5S. The van der Waals surface area contributed by atoms with E-state index in [0.29, 0.717) is 37.7 Å². The Kier molecular flexibility index (Phi) is 7.90. The lowest BCUT2D eigenvalue weighted by molar-refractivity contribution is -0.114. The van der Waals surface area contributed by atoms with Gasteiger partial charge in [0, 0.05) is 24.1 Å². The highest BCUT2D eigenvalue weighted by Crippen LogP contribution is 2.40. The molecule has 228 valence electrons. The maximum Gasteiger partial charge on any atom is 0.412 e. The maximum atomic E-state index is 15.3. The van der Waals surface area contributed by atoms with E-state index in [2.05, 4.69) is 30.2 Å². The van der Waals surface area contributed by atoms with E-state index in [9.17, 15) is 13.6 Å². The SMILES string of the molecule is COc1cnc2c(-c3nc4cc(F)c(O[C@H]5CC(F)(F)CC[C@H]5OC(=O)Nc5cnc(CO)nc5)cc4s3)cc(C)cc2n1. The zero-order valence-corrected chi connectivity index (χ0v) is 24.2. The number of aliphatic hydroxyl groups is 1. The van der Waals surface area contributed by atoms with Crippen molar-refractivity contribution >= 4 is 44.4 Å². The number of alkyl halides is 2. The number of nitrogens with zero attached hydrogens (tertiary/aromatic N) is 5. The number of aliphatic hydroxyl groups excluding tert-OH is 1. The molecule has 1 fully saturated rings. The van der Waals surface area contributed by atoms with Crippen molar-refractivity contribution in [2.24, 2.45) is 0 Å². The van der Waals surface area contributed by atoms with Crippen molar-refractivity contribution in [1.29, 1.82) is 0 Å². The zero-order chi connectivity index (χ0) is 31.0. The number of halogens is 3. The lowest BCUT2D eigenvalue weighted by atomic mass is 9.91. The van der Waals surface area contributed by atoms with Crippen LogP contribution in [0.3, 0.4) is 0 Å². The monoisotopic (exact) mass is 626 g/mol. The number of rotatable bonds is 7. The second kappa shape index (κ2) is 11.8. The standard InChI is InChI=1S/C29H25F3N6O5S/c1-14-5-16(26-19(6-14)37-25(41-2)12-35-26)27-38-18-7-17(30)21(8-23(18)44-27)42-22-9-29(31,32)4-3-20(22)43-28(40)36-15-10-33-24(13-39)34-11-15/h5-8,10-12,20,22,39H,3-4,9,13H2,1-2H3,(H,36,40)/t20-,22+/m1/s1. The Balaban J connectivity index is 1.25. The average Bonchev–Trinajstić information content (AvgIpc) is 3.40. The third kappa shape index (κ3) is 6.19. The highest BCUT2D eigenvalue weighted by atomic mass is 32.1. The van der Waals surface area contributed by atoms with Crippen molar-refractivity contribution in [2.45, 2.75) is 50.9 Å². The molecule has 11 nitrogen and oxygen atoms in total. The molecule has 2 aromatic carbocycles. The molecule has 0 radical (unpaired) electrons. The predicted octanol–water partition coefficient (Wildman–Crippen LogP) is 5.83. The van der Waals surface area contributed by atoms with Crippen LogP contribution in [0.25, 0.3) is 31.8 Å². The van der Waals surface area contributed by atoms with E-state index < -0.39 is 42.9 Å². The number of fused-ring (bicyclic) bond motifs is 2. The minimum atomic E-state index is -3.09. The summed E-state index contributed by atoms with van der Waals surface area (Å²) in [6.07, 6.45) is -0.843. The minimum Gasteiger partial charge on any atom is -0.483 e. The number of hydrogen-bond donors (Lipinski definition) is 2. The molecule has 1 aliphatic rings. The Bertz CT molecular complexity index is 1860. The van der Waals surface area contributed by atoms with Crippen LogP contribution in [0, 0.1) is 12.7 Å². The fourth-order valence-corrected chi connectivity index (χ4v) is 5.91. The number of benzene rings is 2. The van der Waals surface area contributed by atoms with Crippen LogP contribution in [0.15, 0.2) is 42.9 Å². The van der Waals surface area contributed by atoms with Crippen LogP contribution in [0.1, 0.15) is 30.7 Å². The zero-order valence-electron chi connectivity index (χ0n) is 23.4. The van der Waals surface area contributed by atoms with Gasteiger partial charge in [0.05, 0.1) is 59.1 Å². The topological polar surface area (TPSA) is 141 Å². The summed E-state index contributed by atoms with van der Waals surface area (Å²) in [4.78, 5) is 33.8. The number of hydrogen-bond acceptors (Lipinski definition) is 11. The summed E-state index contributed by atoms with van der Waals surface area (Å²) in [5, 5.41) is 12.0. The molecule has 0 unspecified atom stereocenters. The first-order valence-corrected chi connectivity index (χ1v) is 14.3. The van der Waals surface area contributed by atoms with Gasteiger partial charge in [-0.25, -0.2) is 42.9 Å². The van der Waals surface area contributed by atoms with Crippen LogP contribution in [-0.4, -0.2) is 61.4 Å². The molecule has 1 amide bonds. The number of anilines is 1. The summed E-state index contributed by atoms with van der Waals surface area (Å²) in [5.41, 5.74) is 3.33. The van der Waals surface area contributed by atoms with Crippen molar-refractivity contribution in [3.63, 3.8) is 0 Å². The molecule has 5 aromatic rings. The van der Waals surface area contributed by atoms with Gasteiger partial charge in [-0.15, -0.1) is 11.3 Å². The number of carbonyl (C=O) groups excluding carboxylic acids is 1. The quantitative estimate of drug-likeness (QED) is 0.227. The van der Waals surface area contributed by atoms with E-state index in [4.69, 9.17) is 19.3 Å². The molecule has 44 heavy (non-hydrogen) atoms. The maximum absolute atomic E-state index is 15.3. The van der Waals surface area contributed by atoms with Gasteiger partial charge in [0.25, 0.3) is 5.92 Å². The van der Waals surface area contributed by atoms with Crippen LogP contribution >= 0.6 is 11.3 Å². The first-order valence-electron chi connectivity index (χ1n) is 13.5. The predicted molar refractivity (Wildman–Crippen MR) is 154 cm³/mol. The van der Waals surface area contributed by atoms with E-state index in [1.807, 2.05) is 19.1 Å². The minimum absolute atomic E-state index is 0.153. The summed E-state index contributed by atoms with van der Waals surface area (Å²) in [6, 6.07) is 6.35. The normalized spacial score (nSPS) is 17.9. The smallest absolute Gasteiger partial charge is 0.412 e. The number of aryl methyl sites for hydroxylation is 1. The highest BCUT2D eigenvalue weighted by molar-refractivity contribution is 7.21. The van der Waals surface area contributed by atoms with Crippen LogP contribution in [0.4, 0.5) is 23.7 Å². The average molecular weight is 627 g/mol. The van der Waals surface area contributed by atoms with Crippen molar-refractivity contribution in [1.82, 2.24) is 24.9 Å². The molecule has 3 aromatic heterocycles. The van der Waals surface area contributed by atoms with Crippen molar-refractivity contribution < 1.29 is 37.3 Å². The molecule has 1 saturated carbocycles. The molecule has 15 heteroatoms. The van der Waals surface area contributed by atoms with Crippen molar-refractivity contribution in [3.8, 4) is 22.2 Å². The molecule has 2 atom stereocenters. The van der Waals surface area contributed by atoms with E-state index in [1.54, 1.807) is 0 Å². The number of ether oxygens (including phenoxy) is 3. The van der Waals surface area contributed by atoms with Crippen LogP contribution in [0.5, 0.6) is 11.6 Å². The van der Waals surface area contributed by atoms with Crippen molar-refractivity contribution in [2.75, 3.05) is 12.4 Å². The lowest BCUT2D eigenvalue weighted by Gasteiger charge is -2.35. The molecule has 0 aliphatic heterocycles. The fourth-order valence-electron chi connectivity index (χ4n) is 4.91. The van der Waals surface area contributed by atoms with Gasteiger partial charge < -0.3 is 19.3 Å². The number of aromatic nitrogens is 5. The molecule has 1 aliphatic carbocycles. The summed E-state index contributed by atoms with van der Waals surface area (Å²) < 4.78 is 61.1. The second-order valence-electron chi connectivity index (χ2n) is 10.2. The van der Waals surface area contributed by atoms with E-state index in [-0.39, 0.29) is 30.3 Å². The molecule has 0 saturated heterocycles. The lowest BCUT2D eigenvalue weighted by Crippen LogP contribution is -2.45. The molecule has 0 spiro atoms. The Labute approximate surface area is 252 Å². The van der Waals surface area contributed by atoms with E-state index in [1.165, 1.54) is 49.2 Å². The van der Waals surface area contributed by atoms with E-state index >= 15 is 4.39 Å². The Morgan fingerprint density at radius 1 is 1.09 bits per heavy atom. The summed E-state index contributed by atoms with van der Waals surface area (Å²) >= 11 is 1.26. The Morgan fingerprint density at radius 2 is 1.89 bits per heavy atom. The Morgan fingerprint density at radius 3 is 2.64 bits per heavy atom. The van der Waals surface area contributed by atoms with Crippen LogP contribution in [0.2, 0.25) is 0 Å². The largest absolute Gasteiger partial charge is 0.483 e. The van der Waals surface area contributed by atoms with Gasteiger partial charge in [-0.05, 0) is 31.0 Å². The molecule has 6 rings (SSSR count). The number of nitrogens with one attached hydrogen (secondary N) is 1. The van der Waals surface area contributed by atoms with E-state index in [0.717, 1.165) is 5.56 Å². The van der Waals surface area contributed by atoms with Gasteiger partial charge in [-0.1, -0.05) is 0 Å². The number of carbonyl (C=O) groups is 1. The van der Waals surface area contributed by atoms with Gasteiger partial charge in [-0.3, -0.25) is 5.32 Å². The third-order valence-electron chi connectivity index (χ3n) is 6.99. The molecule has 2 N–H and O–H groups in total. The van der Waals surface area contributed by atoms with Gasteiger partial charge in [0.1, 0.15) is 23.8 Å². The van der Waals surface area contributed by atoms with Gasteiger partial charge in [0.2, 0.25) is 5.88 Å². The first kappa shape index (κ1) is 29.4. The summed E-state index contributed by atoms with van der Waals surface area (Å²) in [5.74, 6) is -3.65. The first-order chi connectivity index (χ1) is 21.1. The fraction of sp³-hybridized carbons (Fsp3) is 0.310. The second-order valence-corrected chi connectivity index (χ2v) is 11.3. The molecular weight excluding hydrogens is 601 g/mol. The highest BCUT2D eigenvalue weighted by Gasteiger charge is 2.45. The van der Waals surface area contributed by atoms with Crippen LogP contribution < -0.4 is 14.8 Å². The summed E-state index contributed by atoms with van der Waals surface area (Å²) in [7, 11) is 1.50. The van der Waals surface area contributed by atoms with Gasteiger partial charge in [0.15, 0.2) is 17.4 Å². The molecule has 3 heterocycles. The molecule has 0 bridgehead atoms. The number of thiazole rings is 1. The van der Waals surface area contributed by atoms with Crippen LogP contribution in [-0.2, 0) is 11.3 Å². The van der Waals surface area contributed by atoms with Gasteiger partial charge in [-0.2, -0.15) is 0 Å². The summed E-state index contributed by atoms with van der Waals surface area (Å²) in [6.45, 7) is 1.53. The third-order valence-corrected chi connectivity index (χ3v) is 8.04. The van der Waals surface area contributed by atoms with Gasteiger partial charge >= 0.3 is 6.09 Å². The number of methoxy groups -OCH3 is 1. The van der Waals surface area contributed by atoms with Crippen molar-refractivity contribution in [3.05, 3.63) is 60.1 Å². The Hall–Kier alpha value is -4.63.